The molecule has 1 aromatic rings. The first kappa shape index (κ1) is 22.5. The lowest BCUT2D eigenvalue weighted by atomic mass is 9.78. The summed E-state index contributed by atoms with van der Waals surface area (Å²) in [4.78, 5) is 0. The molecule has 5 heteroatoms. The Morgan fingerprint density at radius 1 is 1.00 bits per heavy atom. The Balaban J connectivity index is 1.40. The summed E-state index contributed by atoms with van der Waals surface area (Å²) in [6.45, 7) is 5.76. The van der Waals surface area contributed by atoms with Crippen LogP contribution in [0.1, 0.15) is 83.1 Å². The quantitative estimate of drug-likeness (QED) is 0.472. The van der Waals surface area contributed by atoms with E-state index in [1.807, 2.05) is 0 Å². The molecular weight excluding hydrogens is 374 g/mol. The molecule has 1 aliphatic heterocycles. The highest BCUT2D eigenvalue weighted by molar-refractivity contribution is 5.33. The Hall–Kier alpha value is -1.20. The lowest BCUT2D eigenvalue weighted by molar-refractivity contribution is -0.0960. The minimum absolute atomic E-state index is 0.00229. The maximum absolute atomic E-state index is 14.5. The third kappa shape index (κ3) is 6.14. The lowest BCUT2D eigenvalue weighted by Crippen LogP contribution is -2.33. The van der Waals surface area contributed by atoms with E-state index in [-0.39, 0.29) is 17.8 Å². The second kappa shape index (κ2) is 11.3. The van der Waals surface area contributed by atoms with Crippen LogP contribution in [-0.2, 0) is 9.47 Å². The van der Waals surface area contributed by atoms with E-state index in [4.69, 9.17) is 14.2 Å². The summed E-state index contributed by atoms with van der Waals surface area (Å²) in [6.07, 6.45) is 10.1. The van der Waals surface area contributed by atoms with Crippen LogP contribution in [0, 0.1) is 17.6 Å². The molecule has 1 saturated heterocycles. The molecule has 2 fully saturated rings. The van der Waals surface area contributed by atoms with Crippen LogP contribution in [0.3, 0.4) is 0 Å². The van der Waals surface area contributed by atoms with Crippen LogP contribution in [0.4, 0.5) is 8.78 Å². The minimum atomic E-state index is -0.857. The van der Waals surface area contributed by atoms with Crippen LogP contribution >= 0.6 is 0 Å². The fourth-order valence-corrected chi connectivity index (χ4v) is 4.61. The fraction of sp³-hybridized carbons (Fsp3) is 0.750. The van der Waals surface area contributed by atoms with Crippen LogP contribution in [0.15, 0.2) is 12.1 Å². The first-order chi connectivity index (χ1) is 14.1. The summed E-state index contributed by atoms with van der Waals surface area (Å²) in [5.74, 6) is -1.02. The third-order valence-corrected chi connectivity index (χ3v) is 6.44. The molecule has 1 saturated carbocycles. The average molecular weight is 411 g/mol. The van der Waals surface area contributed by atoms with Crippen molar-refractivity contribution in [3.05, 3.63) is 29.3 Å². The van der Waals surface area contributed by atoms with Gasteiger partial charge in [0.2, 0.25) is 5.82 Å². The largest absolute Gasteiger partial charge is 0.491 e. The molecule has 0 spiro atoms. The monoisotopic (exact) mass is 410 g/mol. The van der Waals surface area contributed by atoms with Crippen LogP contribution in [-0.4, -0.2) is 32.0 Å². The topological polar surface area (TPSA) is 27.7 Å². The van der Waals surface area contributed by atoms with Crippen molar-refractivity contribution < 1.29 is 23.0 Å². The van der Waals surface area contributed by atoms with Gasteiger partial charge in [0.15, 0.2) is 11.6 Å². The first-order valence-electron chi connectivity index (χ1n) is 11.5. The van der Waals surface area contributed by atoms with Gasteiger partial charge in [-0.1, -0.05) is 25.8 Å². The molecule has 2 aliphatic rings. The molecule has 2 unspecified atom stereocenters. The molecule has 1 aromatic carbocycles. The fourth-order valence-electron chi connectivity index (χ4n) is 4.61. The Kier molecular flexibility index (Phi) is 8.73. The van der Waals surface area contributed by atoms with Gasteiger partial charge in [-0.25, -0.2) is 4.39 Å². The zero-order chi connectivity index (χ0) is 20.6. The second-order valence-corrected chi connectivity index (χ2v) is 8.56. The highest BCUT2D eigenvalue weighted by atomic mass is 19.2. The highest BCUT2D eigenvalue weighted by Crippen LogP contribution is 2.39. The van der Waals surface area contributed by atoms with Gasteiger partial charge in [0.1, 0.15) is 0 Å². The molecule has 3 nitrogen and oxygen atoms in total. The summed E-state index contributed by atoms with van der Waals surface area (Å²) < 4.78 is 45.9. The third-order valence-electron chi connectivity index (χ3n) is 6.44. The van der Waals surface area contributed by atoms with Crippen molar-refractivity contribution in [1.82, 2.24) is 0 Å². The highest BCUT2D eigenvalue weighted by Gasteiger charge is 2.28. The Bertz CT molecular complexity index is 621. The van der Waals surface area contributed by atoms with E-state index in [2.05, 4.69) is 6.92 Å². The normalized spacial score (nSPS) is 27.7. The number of halogens is 2. The second-order valence-electron chi connectivity index (χ2n) is 8.56. The van der Waals surface area contributed by atoms with Crippen molar-refractivity contribution in [2.24, 2.45) is 5.92 Å². The van der Waals surface area contributed by atoms with E-state index in [0.29, 0.717) is 30.8 Å². The van der Waals surface area contributed by atoms with E-state index in [9.17, 15) is 8.78 Å². The van der Waals surface area contributed by atoms with E-state index >= 15 is 0 Å². The lowest BCUT2D eigenvalue weighted by Gasteiger charge is -2.32. The Labute approximate surface area is 174 Å². The van der Waals surface area contributed by atoms with Gasteiger partial charge in [0.05, 0.1) is 25.4 Å². The van der Waals surface area contributed by atoms with Crippen LogP contribution in [0.5, 0.6) is 5.75 Å². The maximum atomic E-state index is 14.5. The molecule has 1 heterocycles. The summed E-state index contributed by atoms with van der Waals surface area (Å²) >= 11 is 0. The molecule has 0 amide bonds. The number of ether oxygens (including phenoxy) is 3. The molecular formula is C24H36F2O3. The molecule has 0 N–H and O–H groups in total. The van der Waals surface area contributed by atoms with Crippen LogP contribution in [0.2, 0.25) is 0 Å². The van der Waals surface area contributed by atoms with Crippen LogP contribution < -0.4 is 4.74 Å². The number of unbranched alkanes of at least 4 members (excludes halogenated alkanes) is 1. The predicted octanol–water partition coefficient (Wildman–Crippen LogP) is 6.39. The maximum Gasteiger partial charge on any atom is 0.200 e. The molecule has 0 radical (unpaired) electrons. The van der Waals surface area contributed by atoms with E-state index in [0.717, 1.165) is 51.6 Å². The Morgan fingerprint density at radius 3 is 2.45 bits per heavy atom. The summed E-state index contributed by atoms with van der Waals surface area (Å²) in [5.41, 5.74) is 0.490. The van der Waals surface area contributed by atoms with Gasteiger partial charge in [-0.2, -0.15) is 4.39 Å². The number of hydrogen-bond donors (Lipinski definition) is 0. The Morgan fingerprint density at radius 2 is 1.79 bits per heavy atom. The van der Waals surface area contributed by atoms with Gasteiger partial charge < -0.3 is 14.2 Å². The van der Waals surface area contributed by atoms with Crippen LogP contribution in [0.25, 0.3) is 0 Å². The van der Waals surface area contributed by atoms with Crippen molar-refractivity contribution in [3.8, 4) is 5.75 Å². The van der Waals surface area contributed by atoms with Crippen molar-refractivity contribution in [3.63, 3.8) is 0 Å². The number of benzene rings is 1. The molecule has 0 bridgehead atoms. The minimum Gasteiger partial charge on any atom is -0.491 e. The van der Waals surface area contributed by atoms with Crippen molar-refractivity contribution in [2.75, 3.05) is 19.8 Å². The summed E-state index contributed by atoms with van der Waals surface area (Å²) in [6, 6.07) is 3.25. The zero-order valence-electron chi connectivity index (χ0n) is 17.9. The van der Waals surface area contributed by atoms with Crippen molar-refractivity contribution >= 4 is 0 Å². The number of hydrogen-bond acceptors (Lipinski definition) is 3. The van der Waals surface area contributed by atoms with E-state index in [1.54, 1.807) is 19.1 Å². The van der Waals surface area contributed by atoms with E-state index in [1.165, 1.54) is 12.8 Å². The predicted molar refractivity (Wildman–Crippen MR) is 110 cm³/mol. The van der Waals surface area contributed by atoms with Gasteiger partial charge >= 0.3 is 0 Å². The van der Waals surface area contributed by atoms with Crippen molar-refractivity contribution in [2.45, 2.75) is 89.8 Å². The SMILES string of the molecule is CCCCC1CCC(OCC2CCC(c3ccc(OCC)c(F)c3F)CC2)CO1. The number of rotatable bonds is 9. The molecule has 164 valence electrons. The first-order valence-corrected chi connectivity index (χ1v) is 11.5. The molecule has 0 aromatic heterocycles. The van der Waals surface area contributed by atoms with Gasteiger partial charge in [-0.3, -0.25) is 0 Å². The van der Waals surface area contributed by atoms with Gasteiger partial charge in [-0.05, 0) is 75.3 Å². The molecule has 1 aliphatic carbocycles. The van der Waals surface area contributed by atoms with Gasteiger partial charge in [0.25, 0.3) is 0 Å². The molecule has 3 rings (SSSR count). The van der Waals surface area contributed by atoms with Gasteiger partial charge in [0, 0.05) is 6.61 Å². The van der Waals surface area contributed by atoms with Crippen molar-refractivity contribution in [1.29, 1.82) is 0 Å². The molecule has 29 heavy (non-hydrogen) atoms. The zero-order valence-corrected chi connectivity index (χ0v) is 17.9. The smallest absolute Gasteiger partial charge is 0.200 e. The van der Waals surface area contributed by atoms with E-state index < -0.39 is 11.6 Å². The summed E-state index contributed by atoms with van der Waals surface area (Å²) in [5, 5.41) is 0. The van der Waals surface area contributed by atoms with Gasteiger partial charge in [-0.15, -0.1) is 0 Å². The average Bonchev–Trinajstić information content (AvgIpc) is 2.75. The molecule has 2 atom stereocenters. The standard InChI is InChI=1S/C24H36F2O3/c1-3-5-6-19-11-12-20(16-29-19)28-15-17-7-9-18(10-8-17)21-13-14-22(27-4-2)24(26)23(21)25/h13-14,17-20H,3-12,15-16H2,1-2H3. The summed E-state index contributed by atoms with van der Waals surface area (Å²) in [7, 11) is 0.